The van der Waals surface area contributed by atoms with E-state index in [0.717, 1.165) is 55.1 Å². The van der Waals surface area contributed by atoms with Crippen molar-refractivity contribution in [2.45, 2.75) is 44.7 Å². The fourth-order valence-electron chi connectivity index (χ4n) is 3.74. The van der Waals surface area contributed by atoms with Crippen molar-refractivity contribution in [2.75, 3.05) is 19.6 Å². The van der Waals surface area contributed by atoms with Gasteiger partial charge in [-0.15, -0.1) is 16.4 Å². The van der Waals surface area contributed by atoms with Crippen LogP contribution in [0.5, 0.6) is 0 Å². The molecule has 2 aromatic heterocycles. The standard InChI is InChI=1S/C17H22N6O2S/c24-16(11-22-12-18-19-20-22)23-10-4-5-13(23)14-6-7-15(26-14)17(25)21-8-2-1-3-9-21/h6-7,12-13H,1-5,8-11H2/t13-/m0/s1. The van der Waals surface area contributed by atoms with Crippen molar-refractivity contribution in [1.82, 2.24) is 30.0 Å². The van der Waals surface area contributed by atoms with E-state index in [0.29, 0.717) is 0 Å². The van der Waals surface area contributed by atoms with Gasteiger partial charge >= 0.3 is 0 Å². The molecule has 0 radical (unpaired) electrons. The number of tetrazole rings is 1. The SMILES string of the molecule is O=C(c1ccc([C@@H]2CCCN2C(=O)Cn2cnnn2)s1)N1CCCCC1. The summed E-state index contributed by atoms with van der Waals surface area (Å²) in [5, 5.41) is 10.9. The second-order valence-electron chi connectivity index (χ2n) is 6.81. The molecule has 2 amide bonds. The summed E-state index contributed by atoms with van der Waals surface area (Å²) in [4.78, 5) is 31.0. The van der Waals surface area contributed by atoms with Crippen LogP contribution in [0.1, 0.15) is 52.7 Å². The topological polar surface area (TPSA) is 84.2 Å². The molecule has 0 aliphatic carbocycles. The van der Waals surface area contributed by atoms with Crippen molar-refractivity contribution in [3.8, 4) is 0 Å². The number of aromatic nitrogens is 4. The number of rotatable bonds is 4. The number of hydrogen-bond acceptors (Lipinski definition) is 6. The van der Waals surface area contributed by atoms with Gasteiger partial charge in [0.2, 0.25) is 5.91 Å². The summed E-state index contributed by atoms with van der Waals surface area (Å²) in [5.74, 6) is 0.141. The Kier molecular flexibility index (Phi) is 4.96. The Balaban J connectivity index is 1.45. The minimum absolute atomic E-state index is 0.0112. The van der Waals surface area contributed by atoms with Crippen molar-refractivity contribution >= 4 is 23.2 Å². The number of carbonyl (C=O) groups is 2. The third kappa shape index (κ3) is 3.48. The zero-order valence-corrected chi connectivity index (χ0v) is 15.4. The Morgan fingerprint density at radius 1 is 1.12 bits per heavy atom. The lowest BCUT2D eigenvalue weighted by molar-refractivity contribution is -0.133. The van der Waals surface area contributed by atoms with Crippen LogP contribution in [0.3, 0.4) is 0 Å². The number of hydrogen-bond donors (Lipinski definition) is 0. The van der Waals surface area contributed by atoms with E-state index in [2.05, 4.69) is 15.5 Å². The first-order valence-corrected chi connectivity index (χ1v) is 9.93. The van der Waals surface area contributed by atoms with E-state index in [1.807, 2.05) is 21.9 Å². The maximum absolute atomic E-state index is 12.7. The normalized spacial score (nSPS) is 20.5. The zero-order chi connectivity index (χ0) is 17.9. The van der Waals surface area contributed by atoms with E-state index < -0.39 is 0 Å². The molecule has 2 saturated heterocycles. The van der Waals surface area contributed by atoms with Crippen molar-refractivity contribution in [3.05, 3.63) is 28.2 Å². The summed E-state index contributed by atoms with van der Waals surface area (Å²) in [6, 6.07) is 3.97. The lowest BCUT2D eigenvalue weighted by Gasteiger charge is -2.26. The van der Waals surface area contributed by atoms with Crippen LogP contribution in [0.4, 0.5) is 0 Å². The summed E-state index contributed by atoms with van der Waals surface area (Å²) in [6.07, 6.45) is 6.74. The fraction of sp³-hybridized carbons (Fsp3) is 0.588. The smallest absolute Gasteiger partial charge is 0.263 e. The first-order valence-electron chi connectivity index (χ1n) is 9.11. The van der Waals surface area contributed by atoms with E-state index in [9.17, 15) is 9.59 Å². The number of carbonyl (C=O) groups excluding carboxylic acids is 2. The lowest BCUT2D eigenvalue weighted by atomic mass is 10.1. The molecule has 26 heavy (non-hydrogen) atoms. The predicted octanol–water partition coefficient (Wildman–Crippen LogP) is 1.72. The molecule has 2 aliphatic heterocycles. The average molecular weight is 374 g/mol. The van der Waals surface area contributed by atoms with Crippen LogP contribution in [-0.4, -0.2) is 61.5 Å². The quantitative estimate of drug-likeness (QED) is 0.814. The molecule has 138 valence electrons. The number of piperidine rings is 1. The molecule has 4 heterocycles. The van der Waals surface area contributed by atoms with Crippen LogP contribution in [0.15, 0.2) is 18.5 Å². The molecule has 0 unspecified atom stereocenters. The molecular weight excluding hydrogens is 352 g/mol. The predicted molar refractivity (Wildman–Crippen MR) is 95.6 cm³/mol. The van der Waals surface area contributed by atoms with Crippen LogP contribution in [0.25, 0.3) is 0 Å². The summed E-state index contributed by atoms with van der Waals surface area (Å²) < 4.78 is 1.44. The van der Waals surface area contributed by atoms with E-state index in [-0.39, 0.29) is 24.4 Å². The number of amides is 2. The second-order valence-corrected chi connectivity index (χ2v) is 7.92. The van der Waals surface area contributed by atoms with Crippen molar-refractivity contribution in [2.24, 2.45) is 0 Å². The third-order valence-electron chi connectivity index (χ3n) is 5.07. The molecule has 9 heteroatoms. The molecule has 1 atom stereocenters. The molecule has 2 aromatic rings. The molecular formula is C17H22N6O2S. The molecule has 8 nitrogen and oxygen atoms in total. The minimum atomic E-state index is 0.0112. The highest BCUT2D eigenvalue weighted by atomic mass is 32.1. The lowest BCUT2D eigenvalue weighted by Crippen LogP contribution is -2.35. The monoisotopic (exact) mass is 374 g/mol. The molecule has 0 bridgehead atoms. The molecule has 0 aromatic carbocycles. The second kappa shape index (κ2) is 7.53. The molecule has 2 aliphatic rings. The molecule has 2 fully saturated rings. The molecule has 0 N–H and O–H groups in total. The van der Waals surface area contributed by atoms with Gasteiger partial charge < -0.3 is 9.80 Å². The van der Waals surface area contributed by atoms with E-state index in [4.69, 9.17) is 0 Å². The van der Waals surface area contributed by atoms with Gasteiger partial charge in [0.05, 0.1) is 10.9 Å². The molecule has 4 rings (SSSR count). The highest BCUT2D eigenvalue weighted by Crippen LogP contribution is 2.36. The Bertz CT molecular complexity index is 768. The van der Waals surface area contributed by atoms with Crippen LogP contribution >= 0.6 is 11.3 Å². The first kappa shape index (κ1) is 17.1. The van der Waals surface area contributed by atoms with Crippen LogP contribution < -0.4 is 0 Å². The van der Waals surface area contributed by atoms with Crippen LogP contribution in [-0.2, 0) is 11.3 Å². The summed E-state index contributed by atoms with van der Waals surface area (Å²) in [7, 11) is 0. The number of thiophene rings is 1. The van der Waals surface area contributed by atoms with Crippen molar-refractivity contribution in [1.29, 1.82) is 0 Å². The van der Waals surface area contributed by atoms with Gasteiger partial charge in [-0.1, -0.05) is 0 Å². The van der Waals surface area contributed by atoms with Crippen molar-refractivity contribution < 1.29 is 9.59 Å². The highest BCUT2D eigenvalue weighted by molar-refractivity contribution is 7.14. The Morgan fingerprint density at radius 3 is 2.73 bits per heavy atom. The van der Waals surface area contributed by atoms with E-state index in [1.165, 1.54) is 28.8 Å². The van der Waals surface area contributed by atoms with Crippen LogP contribution in [0.2, 0.25) is 0 Å². The summed E-state index contributed by atoms with van der Waals surface area (Å²) in [5.41, 5.74) is 0. The number of nitrogens with zero attached hydrogens (tertiary/aromatic N) is 6. The minimum Gasteiger partial charge on any atom is -0.338 e. The van der Waals surface area contributed by atoms with E-state index in [1.54, 1.807) is 0 Å². The van der Waals surface area contributed by atoms with E-state index >= 15 is 0 Å². The summed E-state index contributed by atoms with van der Waals surface area (Å²) in [6.45, 7) is 2.59. The first-order chi connectivity index (χ1) is 12.7. The van der Waals surface area contributed by atoms with Gasteiger partial charge in [-0.25, -0.2) is 4.68 Å². The van der Waals surface area contributed by atoms with Gasteiger partial charge in [0.15, 0.2) is 0 Å². The summed E-state index contributed by atoms with van der Waals surface area (Å²) >= 11 is 1.53. The Labute approximate surface area is 155 Å². The Hall–Kier alpha value is -2.29. The molecule has 0 saturated carbocycles. The van der Waals surface area contributed by atoms with Crippen LogP contribution in [0, 0.1) is 0 Å². The maximum Gasteiger partial charge on any atom is 0.263 e. The van der Waals surface area contributed by atoms with Gasteiger partial charge in [-0.2, -0.15) is 0 Å². The Morgan fingerprint density at radius 2 is 1.96 bits per heavy atom. The molecule has 0 spiro atoms. The van der Waals surface area contributed by atoms with Crippen molar-refractivity contribution in [3.63, 3.8) is 0 Å². The van der Waals surface area contributed by atoms with Gasteiger partial charge in [-0.05, 0) is 54.7 Å². The average Bonchev–Trinajstić information content (AvgIpc) is 3.41. The largest absolute Gasteiger partial charge is 0.338 e. The van der Waals surface area contributed by atoms with Gasteiger partial charge in [-0.3, -0.25) is 9.59 Å². The number of likely N-dealkylation sites (tertiary alicyclic amines) is 2. The fourth-order valence-corrected chi connectivity index (χ4v) is 4.87. The maximum atomic E-state index is 12.7. The van der Waals surface area contributed by atoms with Gasteiger partial charge in [0.25, 0.3) is 5.91 Å². The van der Waals surface area contributed by atoms with Gasteiger partial charge in [0.1, 0.15) is 12.9 Å². The highest BCUT2D eigenvalue weighted by Gasteiger charge is 2.32. The zero-order valence-electron chi connectivity index (χ0n) is 14.6. The third-order valence-corrected chi connectivity index (χ3v) is 6.25. The van der Waals surface area contributed by atoms with Gasteiger partial charge in [0, 0.05) is 24.5 Å².